The standard InChI is InChI=1S/C16H23NO/c1-14-9-10-16(13-18)12-17(14)11-5-8-15-6-3-2-4-7-15/h2-8,14,16,18H,9-13H2,1H3/b8-5+. The molecule has 0 amide bonds. The third-order valence-electron chi connectivity index (χ3n) is 3.82. The molecule has 2 atom stereocenters. The fourth-order valence-electron chi connectivity index (χ4n) is 2.55. The first-order chi connectivity index (χ1) is 8.79. The van der Waals surface area contributed by atoms with E-state index < -0.39 is 0 Å². The van der Waals surface area contributed by atoms with Crippen LogP contribution >= 0.6 is 0 Å². The SMILES string of the molecule is CC1CCC(CO)CN1C/C=C/c1ccccc1. The Kier molecular flexibility index (Phi) is 4.97. The summed E-state index contributed by atoms with van der Waals surface area (Å²) in [7, 11) is 0. The molecule has 0 radical (unpaired) electrons. The Bertz CT molecular complexity index is 374. The number of likely N-dealkylation sites (tertiary alicyclic amines) is 1. The van der Waals surface area contributed by atoms with Crippen molar-refractivity contribution < 1.29 is 5.11 Å². The molecule has 2 heteroatoms. The summed E-state index contributed by atoms with van der Waals surface area (Å²) in [6.45, 7) is 4.61. The molecule has 2 unspecified atom stereocenters. The topological polar surface area (TPSA) is 23.5 Å². The zero-order valence-electron chi connectivity index (χ0n) is 11.1. The highest BCUT2D eigenvalue weighted by atomic mass is 16.3. The van der Waals surface area contributed by atoms with Crippen molar-refractivity contribution >= 4 is 6.08 Å². The number of nitrogens with zero attached hydrogens (tertiary/aromatic N) is 1. The Balaban J connectivity index is 1.87. The number of aliphatic hydroxyl groups excluding tert-OH is 1. The molecule has 1 aromatic carbocycles. The van der Waals surface area contributed by atoms with Crippen molar-refractivity contribution in [2.45, 2.75) is 25.8 Å². The number of piperidine rings is 1. The van der Waals surface area contributed by atoms with Gasteiger partial charge in [-0.1, -0.05) is 42.5 Å². The van der Waals surface area contributed by atoms with Crippen LogP contribution < -0.4 is 0 Å². The van der Waals surface area contributed by atoms with E-state index in [-0.39, 0.29) is 0 Å². The van der Waals surface area contributed by atoms with E-state index in [1.165, 1.54) is 12.0 Å². The van der Waals surface area contributed by atoms with Crippen LogP contribution in [0.4, 0.5) is 0 Å². The Hall–Kier alpha value is -1.12. The molecule has 1 aromatic rings. The molecule has 0 spiro atoms. The van der Waals surface area contributed by atoms with Gasteiger partial charge < -0.3 is 5.11 Å². The highest BCUT2D eigenvalue weighted by Gasteiger charge is 2.23. The predicted octanol–water partition coefficient (Wildman–Crippen LogP) is 2.79. The van der Waals surface area contributed by atoms with Gasteiger partial charge in [0.15, 0.2) is 0 Å². The minimum atomic E-state index is 0.325. The fourth-order valence-corrected chi connectivity index (χ4v) is 2.55. The summed E-state index contributed by atoms with van der Waals surface area (Å²) in [6.07, 6.45) is 6.77. The molecule has 0 aliphatic carbocycles. The Morgan fingerprint density at radius 2 is 2.06 bits per heavy atom. The third-order valence-corrected chi connectivity index (χ3v) is 3.82. The minimum Gasteiger partial charge on any atom is -0.396 e. The largest absolute Gasteiger partial charge is 0.396 e. The fraction of sp³-hybridized carbons (Fsp3) is 0.500. The van der Waals surface area contributed by atoms with Gasteiger partial charge in [0.1, 0.15) is 0 Å². The lowest BCUT2D eigenvalue weighted by atomic mass is 9.94. The van der Waals surface area contributed by atoms with Gasteiger partial charge in [-0.15, -0.1) is 0 Å². The van der Waals surface area contributed by atoms with E-state index in [2.05, 4.69) is 48.2 Å². The Labute approximate surface area is 110 Å². The average Bonchev–Trinajstić information content (AvgIpc) is 2.42. The van der Waals surface area contributed by atoms with Gasteiger partial charge in [-0.25, -0.2) is 0 Å². The van der Waals surface area contributed by atoms with Crippen LogP contribution in [0.2, 0.25) is 0 Å². The van der Waals surface area contributed by atoms with Crippen LogP contribution in [0.3, 0.4) is 0 Å². The molecular formula is C16H23NO. The molecule has 0 bridgehead atoms. The first kappa shape index (κ1) is 13.3. The molecule has 1 heterocycles. The van der Waals surface area contributed by atoms with Crippen molar-refractivity contribution in [1.29, 1.82) is 0 Å². The zero-order valence-corrected chi connectivity index (χ0v) is 11.1. The van der Waals surface area contributed by atoms with Gasteiger partial charge >= 0.3 is 0 Å². The second-order valence-electron chi connectivity index (χ2n) is 5.24. The van der Waals surface area contributed by atoms with Crippen LogP contribution in [-0.2, 0) is 0 Å². The maximum atomic E-state index is 9.25. The van der Waals surface area contributed by atoms with Crippen molar-refractivity contribution in [2.24, 2.45) is 5.92 Å². The van der Waals surface area contributed by atoms with E-state index in [0.29, 0.717) is 18.6 Å². The maximum Gasteiger partial charge on any atom is 0.0471 e. The monoisotopic (exact) mass is 245 g/mol. The van der Waals surface area contributed by atoms with Gasteiger partial charge in [0.05, 0.1) is 0 Å². The summed E-state index contributed by atoms with van der Waals surface area (Å²) in [5.74, 6) is 0.464. The highest BCUT2D eigenvalue weighted by Crippen LogP contribution is 2.21. The number of rotatable bonds is 4. The predicted molar refractivity (Wildman–Crippen MR) is 76.3 cm³/mol. The van der Waals surface area contributed by atoms with Crippen molar-refractivity contribution in [3.63, 3.8) is 0 Å². The molecule has 1 aliphatic heterocycles. The van der Waals surface area contributed by atoms with E-state index in [0.717, 1.165) is 19.5 Å². The molecule has 1 saturated heterocycles. The summed E-state index contributed by atoms with van der Waals surface area (Å²) in [4.78, 5) is 2.46. The quantitative estimate of drug-likeness (QED) is 0.881. The van der Waals surface area contributed by atoms with Crippen LogP contribution in [0.1, 0.15) is 25.3 Å². The molecule has 1 N–H and O–H groups in total. The van der Waals surface area contributed by atoms with Crippen LogP contribution in [-0.4, -0.2) is 35.7 Å². The molecule has 1 fully saturated rings. The molecule has 2 rings (SSSR count). The number of aliphatic hydroxyl groups is 1. The number of hydrogen-bond donors (Lipinski definition) is 1. The van der Waals surface area contributed by atoms with Crippen molar-refractivity contribution in [2.75, 3.05) is 19.7 Å². The number of benzene rings is 1. The molecule has 1 aliphatic rings. The second-order valence-corrected chi connectivity index (χ2v) is 5.24. The lowest BCUT2D eigenvalue weighted by molar-refractivity contribution is 0.0925. The number of hydrogen-bond acceptors (Lipinski definition) is 2. The summed E-state index contributed by atoms with van der Waals surface area (Å²) in [5.41, 5.74) is 1.25. The molecule has 98 valence electrons. The lowest BCUT2D eigenvalue weighted by Crippen LogP contribution is -2.42. The van der Waals surface area contributed by atoms with Crippen molar-refractivity contribution in [1.82, 2.24) is 4.90 Å². The van der Waals surface area contributed by atoms with Crippen LogP contribution in [0.25, 0.3) is 6.08 Å². The zero-order chi connectivity index (χ0) is 12.8. The molecular weight excluding hydrogens is 222 g/mol. The van der Waals surface area contributed by atoms with Gasteiger partial charge in [0.25, 0.3) is 0 Å². The van der Waals surface area contributed by atoms with Crippen molar-refractivity contribution in [3.05, 3.63) is 42.0 Å². The minimum absolute atomic E-state index is 0.325. The van der Waals surface area contributed by atoms with E-state index in [1.54, 1.807) is 0 Å². The van der Waals surface area contributed by atoms with Gasteiger partial charge in [-0.05, 0) is 31.2 Å². The Morgan fingerprint density at radius 3 is 2.78 bits per heavy atom. The summed E-state index contributed by atoms with van der Waals surface area (Å²) >= 11 is 0. The first-order valence-electron chi connectivity index (χ1n) is 6.86. The molecule has 2 nitrogen and oxygen atoms in total. The summed E-state index contributed by atoms with van der Waals surface area (Å²) < 4.78 is 0. The van der Waals surface area contributed by atoms with Gasteiger partial charge in [-0.2, -0.15) is 0 Å². The highest BCUT2D eigenvalue weighted by molar-refractivity contribution is 5.48. The van der Waals surface area contributed by atoms with Crippen LogP contribution in [0, 0.1) is 5.92 Å². The second kappa shape index (κ2) is 6.72. The van der Waals surface area contributed by atoms with Crippen LogP contribution in [0.15, 0.2) is 36.4 Å². The normalized spacial score (nSPS) is 25.7. The van der Waals surface area contributed by atoms with Crippen LogP contribution in [0.5, 0.6) is 0 Å². The van der Waals surface area contributed by atoms with Crippen molar-refractivity contribution in [3.8, 4) is 0 Å². The van der Waals surface area contributed by atoms with E-state index >= 15 is 0 Å². The van der Waals surface area contributed by atoms with E-state index in [1.807, 2.05) is 6.07 Å². The summed E-state index contributed by atoms with van der Waals surface area (Å²) in [5, 5.41) is 9.25. The van der Waals surface area contributed by atoms with E-state index in [4.69, 9.17) is 0 Å². The summed E-state index contributed by atoms with van der Waals surface area (Å²) in [6, 6.07) is 11.0. The molecule has 18 heavy (non-hydrogen) atoms. The third kappa shape index (κ3) is 3.69. The average molecular weight is 245 g/mol. The Morgan fingerprint density at radius 1 is 1.28 bits per heavy atom. The molecule has 0 aromatic heterocycles. The van der Waals surface area contributed by atoms with Gasteiger partial charge in [-0.3, -0.25) is 4.90 Å². The lowest BCUT2D eigenvalue weighted by Gasteiger charge is -2.36. The van der Waals surface area contributed by atoms with Gasteiger partial charge in [0.2, 0.25) is 0 Å². The smallest absolute Gasteiger partial charge is 0.0471 e. The maximum absolute atomic E-state index is 9.25. The molecule has 0 saturated carbocycles. The van der Waals surface area contributed by atoms with Gasteiger partial charge in [0, 0.05) is 25.7 Å². The van der Waals surface area contributed by atoms with E-state index in [9.17, 15) is 5.11 Å². The first-order valence-corrected chi connectivity index (χ1v) is 6.86.